The van der Waals surface area contributed by atoms with Crippen LogP contribution in [0.25, 0.3) is 0 Å². The molecule has 0 aliphatic rings. The molecule has 0 spiro atoms. The standard InChI is InChI=1S/C5H15NSi/c1-3-5(6)7-4-2/h5H,3-4,6-7H2,1-2H3. The number of nitrogens with two attached hydrogens (primary N) is 1. The molecule has 0 aliphatic carbocycles. The molecular weight excluding hydrogens is 102 g/mol. The summed E-state index contributed by atoms with van der Waals surface area (Å²) in [6.45, 7) is 4.38. The van der Waals surface area contributed by atoms with E-state index >= 15 is 0 Å². The number of hydrogen-bond donors (Lipinski definition) is 1. The molecule has 0 aromatic carbocycles. The molecule has 0 saturated heterocycles. The maximum absolute atomic E-state index is 5.65. The van der Waals surface area contributed by atoms with Gasteiger partial charge in [-0.25, -0.2) is 0 Å². The highest BCUT2D eigenvalue weighted by molar-refractivity contribution is 6.37. The molecule has 0 aliphatic heterocycles. The van der Waals surface area contributed by atoms with Gasteiger partial charge in [0.15, 0.2) is 0 Å². The fourth-order valence-electron chi connectivity index (χ4n) is 0.575. The summed E-state index contributed by atoms with van der Waals surface area (Å²) < 4.78 is 0. The van der Waals surface area contributed by atoms with Gasteiger partial charge in [0.1, 0.15) is 0 Å². The highest BCUT2D eigenvalue weighted by atomic mass is 28.2. The molecule has 1 atom stereocenters. The van der Waals surface area contributed by atoms with Crippen molar-refractivity contribution in [1.82, 2.24) is 0 Å². The van der Waals surface area contributed by atoms with Crippen LogP contribution >= 0.6 is 0 Å². The van der Waals surface area contributed by atoms with Gasteiger partial charge in [-0.05, 0) is 12.1 Å². The van der Waals surface area contributed by atoms with Crippen molar-refractivity contribution in [3.8, 4) is 0 Å². The van der Waals surface area contributed by atoms with E-state index in [4.69, 9.17) is 5.73 Å². The Kier molecular flexibility index (Phi) is 4.45. The molecule has 0 saturated carbocycles. The van der Waals surface area contributed by atoms with Crippen molar-refractivity contribution in [2.75, 3.05) is 0 Å². The molecule has 44 valence electrons. The van der Waals surface area contributed by atoms with Crippen LogP contribution in [0.3, 0.4) is 0 Å². The first-order valence-electron chi connectivity index (χ1n) is 3.06. The Bertz CT molecular complexity index is 39.1. The van der Waals surface area contributed by atoms with E-state index in [2.05, 4.69) is 13.8 Å². The van der Waals surface area contributed by atoms with Gasteiger partial charge in [0.25, 0.3) is 0 Å². The third kappa shape index (κ3) is 4.02. The lowest BCUT2D eigenvalue weighted by Crippen LogP contribution is -2.25. The average molecular weight is 117 g/mol. The van der Waals surface area contributed by atoms with E-state index in [0.717, 1.165) is 0 Å². The van der Waals surface area contributed by atoms with Crippen molar-refractivity contribution in [3.05, 3.63) is 0 Å². The fraction of sp³-hybridized carbons (Fsp3) is 1.00. The largest absolute Gasteiger partial charge is 0.331 e. The van der Waals surface area contributed by atoms with Gasteiger partial charge in [0.2, 0.25) is 0 Å². The van der Waals surface area contributed by atoms with E-state index in [9.17, 15) is 0 Å². The van der Waals surface area contributed by atoms with Gasteiger partial charge >= 0.3 is 0 Å². The summed E-state index contributed by atoms with van der Waals surface area (Å²) in [5.41, 5.74) is 6.23. The van der Waals surface area contributed by atoms with Crippen molar-refractivity contribution >= 4 is 9.52 Å². The molecule has 2 N–H and O–H groups in total. The Morgan fingerprint density at radius 2 is 2.14 bits per heavy atom. The molecule has 0 radical (unpaired) electrons. The lowest BCUT2D eigenvalue weighted by atomic mass is 10.5. The summed E-state index contributed by atoms with van der Waals surface area (Å²) in [6.07, 6.45) is 1.18. The summed E-state index contributed by atoms with van der Waals surface area (Å²) in [7, 11) is 0.124. The van der Waals surface area contributed by atoms with Gasteiger partial charge in [-0.15, -0.1) is 0 Å². The van der Waals surface area contributed by atoms with E-state index in [1.165, 1.54) is 12.5 Å². The fourth-order valence-corrected chi connectivity index (χ4v) is 1.72. The summed E-state index contributed by atoms with van der Waals surface area (Å²) >= 11 is 0. The molecule has 0 rings (SSSR count). The first kappa shape index (κ1) is 7.18. The molecule has 0 aromatic heterocycles. The quantitative estimate of drug-likeness (QED) is 0.528. The minimum Gasteiger partial charge on any atom is -0.331 e. The van der Waals surface area contributed by atoms with Gasteiger partial charge in [0.05, 0.1) is 0 Å². The van der Waals surface area contributed by atoms with Crippen molar-refractivity contribution in [3.63, 3.8) is 0 Å². The SMILES string of the molecule is CC[SiH2]C(N)CC. The summed E-state index contributed by atoms with van der Waals surface area (Å²) in [5, 5.41) is 0. The van der Waals surface area contributed by atoms with E-state index in [1.807, 2.05) is 0 Å². The Labute approximate surface area is 48.1 Å². The predicted octanol–water partition coefficient (Wildman–Crippen LogP) is 0.288. The molecular formula is C5H15NSi. The molecule has 0 amide bonds. The normalized spacial score (nSPS) is 15.9. The summed E-state index contributed by atoms with van der Waals surface area (Å²) in [4.78, 5) is 0. The average Bonchev–Trinajstić information content (AvgIpc) is 1.68. The van der Waals surface area contributed by atoms with Gasteiger partial charge < -0.3 is 5.73 Å². The number of hydrogen-bond acceptors (Lipinski definition) is 1. The van der Waals surface area contributed by atoms with Crippen molar-refractivity contribution in [1.29, 1.82) is 0 Å². The van der Waals surface area contributed by atoms with Crippen LogP contribution in [0.15, 0.2) is 0 Å². The van der Waals surface area contributed by atoms with Crippen molar-refractivity contribution in [2.45, 2.75) is 32.0 Å². The molecule has 0 aromatic rings. The van der Waals surface area contributed by atoms with E-state index in [-0.39, 0.29) is 9.52 Å². The van der Waals surface area contributed by atoms with Gasteiger partial charge in [-0.1, -0.05) is 19.9 Å². The highest BCUT2D eigenvalue weighted by Crippen LogP contribution is 1.84. The molecule has 0 bridgehead atoms. The smallest absolute Gasteiger partial charge is 0.0399 e. The van der Waals surface area contributed by atoms with E-state index in [1.54, 1.807) is 0 Å². The maximum atomic E-state index is 5.65. The molecule has 1 unspecified atom stereocenters. The van der Waals surface area contributed by atoms with Crippen LogP contribution in [-0.4, -0.2) is 15.2 Å². The van der Waals surface area contributed by atoms with Gasteiger partial charge in [0, 0.05) is 9.52 Å². The molecule has 0 heterocycles. The highest BCUT2D eigenvalue weighted by Gasteiger charge is 1.93. The Morgan fingerprint density at radius 1 is 1.57 bits per heavy atom. The van der Waals surface area contributed by atoms with Crippen LogP contribution < -0.4 is 5.73 Å². The van der Waals surface area contributed by atoms with Gasteiger partial charge in [-0.2, -0.15) is 0 Å². The van der Waals surface area contributed by atoms with E-state index in [0.29, 0.717) is 5.67 Å². The Balaban J connectivity index is 2.83. The Morgan fingerprint density at radius 3 is 2.29 bits per heavy atom. The second-order valence-corrected chi connectivity index (χ2v) is 4.58. The molecule has 0 fully saturated rings. The second kappa shape index (κ2) is 4.34. The second-order valence-electron chi connectivity index (χ2n) is 1.96. The lowest BCUT2D eigenvalue weighted by molar-refractivity contribution is 0.842. The first-order valence-corrected chi connectivity index (χ1v) is 4.88. The van der Waals surface area contributed by atoms with E-state index < -0.39 is 0 Å². The van der Waals surface area contributed by atoms with Gasteiger partial charge in [-0.3, -0.25) is 0 Å². The topological polar surface area (TPSA) is 26.0 Å². The van der Waals surface area contributed by atoms with Crippen LogP contribution in [-0.2, 0) is 0 Å². The zero-order valence-corrected chi connectivity index (χ0v) is 6.69. The number of rotatable bonds is 3. The Hall–Kier alpha value is 0.177. The zero-order valence-electron chi connectivity index (χ0n) is 5.28. The third-order valence-corrected chi connectivity index (χ3v) is 3.08. The summed E-state index contributed by atoms with van der Waals surface area (Å²) in [5.74, 6) is 0. The molecule has 7 heavy (non-hydrogen) atoms. The van der Waals surface area contributed by atoms with Crippen molar-refractivity contribution < 1.29 is 0 Å². The molecule has 1 nitrogen and oxygen atoms in total. The monoisotopic (exact) mass is 117 g/mol. The van der Waals surface area contributed by atoms with Crippen LogP contribution in [0.5, 0.6) is 0 Å². The third-order valence-electron chi connectivity index (χ3n) is 1.18. The van der Waals surface area contributed by atoms with Crippen LogP contribution in [0.2, 0.25) is 6.04 Å². The van der Waals surface area contributed by atoms with Crippen LogP contribution in [0.4, 0.5) is 0 Å². The maximum Gasteiger partial charge on any atom is 0.0399 e. The molecule has 2 heteroatoms. The lowest BCUT2D eigenvalue weighted by Gasteiger charge is -2.02. The minimum atomic E-state index is 0.124. The predicted molar refractivity (Wildman–Crippen MR) is 37.3 cm³/mol. The van der Waals surface area contributed by atoms with Crippen molar-refractivity contribution in [2.24, 2.45) is 5.73 Å². The minimum absolute atomic E-state index is 0.124. The zero-order chi connectivity index (χ0) is 5.70. The first-order chi connectivity index (χ1) is 3.31. The summed E-state index contributed by atoms with van der Waals surface area (Å²) in [6, 6.07) is 1.36. The van der Waals surface area contributed by atoms with Crippen LogP contribution in [0.1, 0.15) is 20.3 Å². The van der Waals surface area contributed by atoms with Crippen LogP contribution in [0, 0.1) is 0 Å².